The highest BCUT2D eigenvalue weighted by Crippen LogP contribution is 2.40. The van der Waals surface area contributed by atoms with Crippen LogP contribution in [0.5, 0.6) is 0 Å². The van der Waals surface area contributed by atoms with Gasteiger partial charge in [0, 0.05) is 18.3 Å². The summed E-state index contributed by atoms with van der Waals surface area (Å²) in [6.07, 6.45) is 2.28. The number of carbonyl (C=O) groups is 1. The van der Waals surface area contributed by atoms with Gasteiger partial charge < -0.3 is 5.32 Å². The molecule has 0 bridgehead atoms. The zero-order chi connectivity index (χ0) is 16.6. The second-order valence-electron chi connectivity index (χ2n) is 5.22. The summed E-state index contributed by atoms with van der Waals surface area (Å²) >= 11 is 8.08. The average Bonchev–Trinajstić information content (AvgIpc) is 3.07. The SMILES string of the molecule is CN(CC(=O)Nc1nc(C2CC2)cs1)S(=O)(=O)c1ccc(Cl)s1. The lowest BCUT2D eigenvalue weighted by atomic mass is 10.3. The van der Waals surface area contributed by atoms with Gasteiger partial charge in [0.25, 0.3) is 10.0 Å². The molecule has 0 aromatic carbocycles. The maximum absolute atomic E-state index is 12.3. The quantitative estimate of drug-likeness (QED) is 0.820. The van der Waals surface area contributed by atoms with E-state index in [1.54, 1.807) is 0 Å². The lowest BCUT2D eigenvalue weighted by Gasteiger charge is -2.15. The Morgan fingerprint density at radius 3 is 2.83 bits per heavy atom. The van der Waals surface area contributed by atoms with E-state index in [1.165, 1.54) is 30.5 Å². The standard InChI is InChI=1S/C13H14ClN3O3S3/c1-17(23(19,20)12-5-4-10(14)22-12)6-11(18)16-13-15-9(7-21-13)8-2-3-8/h4-5,7-8H,2-3,6H2,1H3,(H,15,16,18). The van der Waals surface area contributed by atoms with Gasteiger partial charge in [0.2, 0.25) is 5.91 Å². The highest BCUT2D eigenvalue weighted by molar-refractivity contribution is 7.91. The number of nitrogens with zero attached hydrogens (tertiary/aromatic N) is 2. The van der Waals surface area contributed by atoms with Crippen LogP contribution in [-0.2, 0) is 14.8 Å². The molecule has 2 aromatic rings. The van der Waals surface area contributed by atoms with Crippen LogP contribution in [0.2, 0.25) is 4.34 Å². The summed E-state index contributed by atoms with van der Waals surface area (Å²) in [5, 5.41) is 5.08. The number of carbonyl (C=O) groups excluding carboxylic acids is 1. The average molecular weight is 392 g/mol. The van der Waals surface area contributed by atoms with E-state index in [-0.39, 0.29) is 10.8 Å². The zero-order valence-electron chi connectivity index (χ0n) is 12.2. The third-order valence-corrected chi connectivity index (χ3v) is 7.62. The lowest BCUT2D eigenvalue weighted by molar-refractivity contribution is -0.116. The van der Waals surface area contributed by atoms with Crippen LogP contribution in [0.4, 0.5) is 5.13 Å². The van der Waals surface area contributed by atoms with Crippen molar-refractivity contribution in [2.24, 2.45) is 0 Å². The van der Waals surface area contributed by atoms with E-state index < -0.39 is 15.9 Å². The van der Waals surface area contributed by atoms with Crippen LogP contribution in [0.3, 0.4) is 0 Å². The normalized spacial score (nSPS) is 15.1. The van der Waals surface area contributed by atoms with Crippen LogP contribution in [-0.4, -0.2) is 37.2 Å². The van der Waals surface area contributed by atoms with Crippen LogP contribution in [0.1, 0.15) is 24.5 Å². The van der Waals surface area contributed by atoms with Crippen molar-refractivity contribution in [2.45, 2.75) is 23.0 Å². The summed E-state index contributed by atoms with van der Waals surface area (Å²) in [4.78, 5) is 16.4. The van der Waals surface area contributed by atoms with E-state index >= 15 is 0 Å². The molecule has 1 aliphatic rings. The number of rotatable bonds is 6. The van der Waals surface area contributed by atoms with Gasteiger partial charge in [-0.2, -0.15) is 4.31 Å². The second kappa shape index (κ2) is 6.48. The summed E-state index contributed by atoms with van der Waals surface area (Å²) in [6.45, 7) is -0.282. The van der Waals surface area contributed by atoms with Gasteiger partial charge in [0.1, 0.15) is 4.21 Å². The minimum absolute atomic E-state index is 0.114. The number of halogens is 1. The topological polar surface area (TPSA) is 79.4 Å². The summed E-state index contributed by atoms with van der Waals surface area (Å²) < 4.78 is 26.1. The molecule has 124 valence electrons. The highest BCUT2D eigenvalue weighted by Gasteiger charge is 2.27. The minimum Gasteiger partial charge on any atom is -0.301 e. The lowest BCUT2D eigenvalue weighted by Crippen LogP contribution is -2.34. The third kappa shape index (κ3) is 3.92. The smallest absolute Gasteiger partial charge is 0.252 e. The molecule has 0 aliphatic heterocycles. The van der Waals surface area contributed by atoms with E-state index in [0.29, 0.717) is 15.4 Å². The molecule has 0 saturated heterocycles. The highest BCUT2D eigenvalue weighted by atomic mass is 35.5. The molecule has 2 aromatic heterocycles. The molecule has 0 atom stereocenters. The Morgan fingerprint density at radius 2 is 2.22 bits per heavy atom. The number of hydrogen-bond acceptors (Lipinski definition) is 6. The second-order valence-corrected chi connectivity index (χ2v) is 10.1. The maximum atomic E-state index is 12.3. The van der Waals surface area contributed by atoms with Gasteiger partial charge in [-0.05, 0) is 25.0 Å². The molecule has 1 N–H and O–H groups in total. The van der Waals surface area contributed by atoms with Gasteiger partial charge in [0.05, 0.1) is 16.6 Å². The number of likely N-dealkylation sites (N-methyl/N-ethyl adjacent to an activating group) is 1. The largest absolute Gasteiger partial charge is 0.301 e. The van der Waals surface area contributed by atoms with Crippen molar-refractivity contribution in [2.75, 3.05) is 18.9 Å². The zero-order valence-corrected chi connectivity index (χ0v) is 15.4. The van der Waals surface area contributed by atoms with E-state index in [1.807, 2.05) is 5.38 Å². The van der Waals surface area contributed by atoms with Gasteiger partial charge in [0.15, 0.2) is 5.13 Å². The number of thiophene rings is 1. The predicted octanol–water partition coefficient (Wildman–Crippen LogP) is 2.99. The van der Waals surface area contributed by atoms with E-state index in [4.69, 9.17) is 11.6 Å². The fourth-order valence-corrected chi connectivity index (χ4v) is 5.58. The first kappa shape index (κ1) is 16.8. The number of hydrogen-bond donors (Lipinski definition) is 1. The fourth-order valence-electron chi connectivity index (χ4n) is 1.95. The molecule has 1 aliphatic carbocycles. The van der Waals surface area contributed by atoms with Crippen LogP contribution in [0.15, 0.2) is 21.7 Å². The molecule has 6 nitrogen and oxygen atoms in total. The molecular formula is C13H14ClN3O3S3. The first-order chi connectivity index (χ1) is 10.9. The van der Waals surface area contributed by atoms with Crippen LogP contribution >= 0.6 is 34.3 Å². The maximum Gasteiger partial charge on any atom is 0.252 e. The first-order valence-corrected chi connectivity index (χ1v) is 10.3. The molecule has 1 fully saturated rings. The van der Waals surface area contributed by atoms with Crippen molar-refractivity contribution in [3.8, 4) is 0 Å². The summed E-state index contributed by atoms with van der Waals surface area (Å²) in [7, 11) is -2.35. The third-order valence-electron chi connectivity index (χ3n) is 3.34. The van der Waals surface area contributed by atoms with Crippen molar-refractivity contribution < 1.29 is 13.2 Å². The Labute approximate surface area is 147 Å². The van der Waals surface area contributed by atoms with Crippen molar-refractivity contribution in [3.05, 3.63) is 27.5 Å². The molecular weight excluding hydrogens is 378 g/mol. The fraction of sp³-hybridized carbons (Fsp3) is 0.385. The molecule has 0 unspecified atom stereocenters. The Hall–Kier alpha value is -1.000. The van der Waals surface area contributed by atoms with Crippen molar-refractivity contribution in [1.29, 1.82) is 0 Å². The summed E-state index contributed by atoms with van der Waals surface area (Å²) in [5.74, 6) is 0.0963. The van der Waals surface area contributed by atoms with Crippen molar-refractivity contribution >= 4 is 55.3 Å². The molecule has 23 heavy (non-hydrogen) atoms. The molecule has 0 spiro atoms. The number of amides is 1. The van der Waals surface area contributed by atoms with Crippen LogP contribution < -0.4 is 5.32 Å². The minimum atomic E-state index is -3.71. The Balaban J connectivity index is 1.62. The van der Waals surface area contributed by atoms with Gasteiger partial charge in [-0.15, -0.1) is 22.7 Å². The first-order valence-electron chi connectivity index (χ1n) is 6.83. The van der Waals surface area contributed by atoms with Crippen molar-refractivity contribution in [3.63, 3.8) is 0 Å². The Bertz CT molecular complexity index is 826. The summed E-state index contributed by atoms with van der Waals surface area (Å²) in [6, 6.07) is 2.95. The van der Waals surface area contributed by atoms with Gasteiger partial charge >= 0.3 is 0 Å². The van der Waals surface area contributed by atoms with Crippen LogP contribution in [0, 0.1) is 0 Å². The van der Waals surface area contributed by atoms with Gasteiger partial charge in [-0.25, -0.2) is 13.4 Å². The molecule has 0 radical (unpaired) electrons. The van der Waals surface area contributed by atoms with E-state index in [2.05, 4.69) is 10.3 Å². The van der Waals surface area contributed by atoms with Crippen molar-refractivity contribution in [1.82, 2.24) is 9.29 Å². The number of thiazole rings is 1. The number of anilines is 1. The van der Waals surface area contributed by atoms with E-state index in [0.717, 1.165) is 34.2 Å². The number of nitrogens with one attached hydrogen (secondary N) is 1. The number of sulfonamides is 1. The Kier molecular flexibility index (Phi) is 4.75. The van der Waals surface area contributed by atoms with Gasteiger partial charge in [-0.1, -0.05) is 11.6 Å². The molecule has 1 saturated carbocycles. The monoisotopic (exact) mass is 391 g/mol. The van der Waals surface area contributed by atoms with E-state index in [9.17, 15) is 13.2 Å². The van der Waals surface area contributed by atoms with Gasteiger partial charge in [-0.3, -0.25) is 4.79 Å². The molecule has 3 rings (SSSR count). The van der Waals surface area contributed by atoms with Crippen LogP contribution in [0.25, 0.3) is 0 Å². The molecule has 10 heteroatoms. The Morgan fingerprint density at radius 1 is 1.48 bits per heavy atom. The summed E-state index contributed by atoms with van der Waals surface area (Å²) in [5.41, 5.74) is 1.000. The predicted molar refractivity (Wildman–Crippen MR) is 91.9 cm³/mol. The number of aromatic nitrogens is 1. The molecule has 1 amide bonds. The molecule has 2 heterocycles.